The van der Waals surface area contributed by atoms with Gasteiger partial charge >= 0.3 is 0 Å². The van der Waals surface area contributed by atoms with Crippen molar-refractivity contribution in [2.24, 2.45) is 5.92 Å². The molecule has 8 heteroatoms. The first kappa shape index (κ1) is 20.8. The zero-order valence-corrected chi connectivity index (χ0v) is 17.8. The molecular formula is C20H26N2O4S2. The van der Waals surface area contributed by atoms with Crippen molar-refractivity contribution in [1.29, 1.82) is 0 Å². The lowest BCUT2D eigenvalue weighted by Gasteiger charge is -2.33. The smallest absolute Gasteiger partial charge is 0.252 e. The molecule has 6 nitrogen and oxygen atoms in total. The molecule has 0 bridgehead atoms. The number of methoxy groups -OCH3 is 1. The predicted octanol–water partition coefficient (Wildman–Crippen LogP) is 3.21. The molecule has 1 aliphatic rings. The first-order chi connectivity index (χ1) is 13.5. The Balaban J connectivity index is 1.60. The topological polar surface area (TPSA) is 66.9 Å². The molecule has 0 radical (unpaired) electrons. The second kappa shape index (κ2) is 9.07. The summed E-state index contributed by atoms with van der Waals surface area (Å²) in [6.07, 6.45) is 1.12. The average Bonchev–Trinajstić information content (AvgIpc) is 3.28. The largest absolute Gasteiger partial charge is 0.497 e. The van der Waals surface area contributed by atoms with Gasteiger partial charge in [0.2, 0.25) is 5.91 Å². The second-order valence-electron chi connectivity index (χ2n) is 6.81. The van der Waals surface area contributed by atoms with E-state index in [1.54, 1.807) is 24.6 Å². The summed E-state index contributed by atoms with van der Waals surface area (Å²) in [6.45, 7) is 3.91. The zero-order chi connectivity index (χ0) is 20.1. The summed E-state index contributed by atoms with van der Waals surface area (Å²) in [4.78, 5) is 14.8. The number of ether oxygens (including phenoxy) is 1. The number of amides is 1. The molecule has 152 valence electrons. The molecule has 0 unspecified atom stereocenters. The monoisotopic (exact) mass is 422 g/mol. The number of thiophene rings is 1. The lowest BCUT2D eigenvalue weighted by Crippen LogP contribution is -2.44. The molecule has 1 aliphatic heterocycles. The average molecular weight is 423 g/mol. The van der Waals surface area contributed by atoms with Gasteiger partial charge in [0.25, 0.3) is 10.0 Å². The molecule has 3 rings (SSSR count). The van der Waals surface area contributed by atoms with Gasteiger partial charge in [0.15, 0.2) is 0 Å². The number of hydrogen-bond acceptors (Lipinski definition) is 5. The van der Waals surface area contributed by atoms with Crippen LogP contribution in [0.15, 0.2) is 46.0 Å². The standard InChI is InChI=1S/C20H26N2O4S2/c1-3-21(15-16-6-8-18(26-2)9-7-16)20(23)17-10-12-22(13-11-17)28(24,25)19-5-4-14-27-19/h4-9,14,17H,3,10-13,15H2,1-2H3. The minimum Gasteiger partial charge on any atom is -0.497 e. The number of piperidine rings is 1. The van der Waals surface area contributed by atoms with Crippen LogP contribution in [-0.4, -0.2) is 50.3 Å². The van der Waals surface area contributed by atoms with E-state index in [4.69, 9.17) is 4.74 Å². The van der Waals surface area contributed by atoms with Crippen LogP contribution in [0.25, 0.3) is 0 Å². The number of nitrogens with zero attached hydrogens (tertiary/aromatic N) is 2. The van der Waals surface area contributed by atoms with Crippen LogP contribution in [0.4, 0.5) is 0 Å². The van der Waals surface area contributed by atoms with Gasteiger partial charge in [0, 0.05) is 32.1 Å². The molecule has 28 heavy (non-hydrogen) atoms. The lowest BCUT2D eigenvalue weighted by molar-refractivity contribution is -0.137. The highest BCUT2D eigenvalue weighted by Gasteiger charge is 2.33. The molecule has 1 aromatic carbocycles. The summed E-state index contributed by atoms with van der Waals surface area (Å²) >= 11 is 1.23. The van der Waals surface area contributed by atoms with E-state index in [-0.39, 0.29) is 11.8 Å². The predicted molar refractivity (Wildman–Crippen MR) is 110 cm³/mol. The summed E-state index contributed by atoms with van der Waals surface area (Å²) in [7, 11) is -1.81. The molecule has 0 aliphatic carbocycles. The lowest BCUT2D eigenvalue weighted by atomic mass is 9.96. The first-order valence-corrected chi connectivity index (χ1v) is 11.7. The molecular weight excluding hydrogens is 396 g/mol. The molecule has 0 spiro atoms. The number of sulfonamides is 1. The fourth-order valence-corrected chi connectivity index (χ4v) is 6.05. The van der Waals surface area contributed by atoms with Gasteiger partial charge in [-0.15, -0.1) is 11.3 Å². The van der Waals surface area contributed by atoms with E-state index in [9.17, 15) is 13.2 Å². The Hall–Kier alpha value is -1.90. The van der Waals surface area contributed by atoms with Crippen LogP contribution in [0.2, 0.25) is 0 Å². The van der Waals surface area contributed by atoms with Gasteiger partial charge in [-0.05, 0) is 48.9 Å². The molecule has 0 saturated carbocycles. The van der Waals surface area contributed by atoms with Crippen LogP contribution in [0.5, 0.6) is 5.75 Å². The minimum atomic E-state index is -3.43. The molecule has 1 amide bonds. The van der Waals surface area contributed by atoms with Crippen molar-refractivity contribution in [3.8, 4) is 5.75 Å². The van der Waals surface area contributed by atoms with Gasteiger partial charge in [-0.1, -0.05) is 18.2 Å². The molecule has 2 heterocycles. The molecule has 1 fully saturated rings. The Morgan fingerprint density at radius 1 is 1.21 bits per heavy atom. The van der Waals surface area contributed by atoms with Crippen LogP contribution in [0.3, 0.4) is 0 Å². The molecule has 1 aromatic heterocycles. The van der Waals surface area contributed by atoms with Crippen molar-refractivity contribution in [2.75, 3.05) is 26.7 Å². The zero-order valence-electron chi connectivity index (χ0n) is 16.2. The van der Waals surface area contributed by atoms with Gasteiger partial charge in [-0.25, -0.2) is 8.42 Å². The number of benzene rings is 1. The van der Waals surface area contributed by atoms with Gasteiger partial charge in [-0.2, -0.15) is 4.31 Å². The number of hydrogen-bond donors (Lipinski definition) is 0. The molecule has 0 N–H and O–H groups in total. The SMILES string of the molecule is CCN(Cc1ccc(OC)cc1)C(=O)C1CCN(S(=O)(=O)c2cccs2)CC1. The van der Waals surface area contributed by atoms with E-state index in [2.05, 4.69) is 0 Å². The van der Waals surface area contributed by atoms with Crippen molar-refractivity contribution < 1.29 is 17.9 Å². The minimum absolute atomic E-state index is 0.103. The molecule has 0 atom stereocenters. The quantitative estimate of drug-likeness (QED) is 0.687. The maximum Gasteiger partial charge on any atom is 0.252 e. The first-order valence-electron chi connectivity index (χ1n) is 9.41. The van der Waals surface area contributed by atoms with Gasteiger partial charge in [0.05, 0.1) is 7.11 Å². The normalized spacial score (nSPS) is 16.1. The summed E-state index contributed by atoms with van der Waals surface area (Å²) < 4.78 is 32.3. The highest BCUT2D eigenvalue weighted by Crippen LogP contribution is 2.27. The summed E-state index contributed by atoms with van der Waals surface area (Å²) in [6, 6.07) is 11.1. The summed E-state index contributed by atoms with van der Waals surface area (Å²) in [5.74, 6) is 0.761. The van der Waals surface area contributed by atoms with E-state index in [1.807, 2.05) is 36.1 Å². The van der Waals surface area contributed by atoms with Crippen molar-refractivity contribution in [2.45, 2.75) is 30.5 Å². The number of rotatable bonds is 7. The maximum atomic E-state index is 13.0. The van der Waals surface area contributed by atoms with Crippen molar-refractivity contribution in [3.05, 3.63) is 47.3 Å². The number of carbonyl (C=O) groups excluding carboxylic acids is 1. The third kappa shape index (κ3) is 4.56. The molecule has 2 aromatic rings. The van der Waals surface area contributed by atoms with Gasteiger partial charge in [0.1, 0.15) is 9.96 Å². The Morgan fingerprint density at radius 3 is 2.43 bits per heavy atom. The highest BCUT2D eigenvalue weighted by atomic mass is 32.2. The Morgan fingerprint density at radius 2 is 1.89 bits per heavy atom. The van der Waals surface area contributed by atoms with E-state index in [1.165, 1.54) is 15.6 Å². The van der Waals surface area contributed by atoms with Crippen LogP contribution < -0.4 is 4.74 Å². The van der Waals surface area contributed by atoms with Crippen LogP contribution in [0, 0.1) is 5.92 Å². The van der Waals surface area contributed by atoms with Crippen molar-refractivity contribution in [3.63, 3.8) is 0 Å². The van der Waals surface area contributed by atoms with E-state index in [0.717, 1.165) is 11.3 Å². The molecule has 1 saturated heterocycles. The summed E-state index contributed by atoms with van der Waals surface area (Å²) in [5, 5.41) is 1.77. The van der Waals surface area contributed by atoms with E-state index < -0.39 is 10.0 Å². The maximum absolute atomic E-state index is 13.0. The Bertz CT molecular complexity index is 871. The fourth-order valence-electron chi connectivity index (χ4n) is 3.44. The second-order valence-corrected chi connectivity index (χ2v) is 9.92. The van der Waals surface area contributed by atoms with Gasteiger partial charge < -0.3 is 9.64 Å². The number of carbonyl (C=O) groups is 1. The van der Waals surface area contributed by atoms with Crippen LogP contribution >= 0.6 is 11.3 Å². The Kier molecular flexibility index (Phi) is 6.74. The fraction of sp³-hybridized carbons (Fsp3) is 0.450. The third-order valence-electron chi connectivity index (χ3n) is 5.12. The van der Waals surface area contributed by atoms with E-state index >= 15 is 0 Å². The Labute approximate surface area is 170 Å². The van der Waals surface area contributed by atoms with E-state index in [0.29, 0.717) is 43.2 Å². The van der Waals surface area contributed by atoms with Gasteiger partial charge in [-0.3, -0.25) is 4.79 Å². The highest BCUT2D eigenvalue weighted by molar-refractivity contribution is 7.91. The third-order valence-corrected chi connectivity index (χ3v) is 8.39. The van der Waals surface area contributed by atoms with Crippen LogP contribution in [0.1, 0.15) is 25.3 Å². The summed E-state index contributed by atoms with van der Waals surface area (Å²) in [5.41, 5.74) is 1.05. The van der Waals surface area contributed by atoms with Crippen molar-refractivity contribution >= 4 is 27.3 Å². The van der Waals surface area contributed by atoms with Crippen molar-refractivity contribution in [1.82, 2.24) is 9.21 Å². The van der Waals surface area contributed by atoms with Crippen LogP contribution in [-0.2, 0) is 21.4 Å².